The Morgan fingerprint density at radius 1 is 1.22 bits per heavy atom. The summed E-state index contributed by atoms with van der Waals surface area (Å²) in [5.74, 6) is -0.267. The fourth-order valence-corrected chi connectivity index (χ4v) is 2.59. The first-order chi connectivity index (χ1) is 11.2. The maximum atomic E-state index is 12.0. The maximum absolute atomic E-state index is 12.0. The minimum Gasteiger partial charge on any atom is -0.347 e. The number of aromatic nitrogens is 1. The Morgan fingerprint density at radius 2 is 1.96 bits per heavy atom. The Hall–Kier alpha value is -2.59. The number of hydrazone groups is 1. The largest absolute Gasteiger partial charge is 0.347 e. The summed E-state index contributed by atoms with van der Waals surface area (Å²) in [7, 11) is 0. The Bertz CT molecular complexity index is 866. The van der Waals surface area contributed by atoms with Gasteiger partial charge in [0.05, 0.1) is 6.21 Å². The number of para-hydroxylation sites is 1. The fraction of sp³-hybridized carbons (Fsp3) is 0.111. The lowest BCUT2D eigenvalue weighted by molar-refractivity contribution is 0.0955. The van der Waals surface area contributed by atoms with Gasteiger partial charge in [0.1, 0.15) is 0 Å². The van der Waals surface area contributed by atoms with Crippen molar-refractivity contribution < 1.29 is 4.79 Å². The first-order valence-corrected chi connectivity index (χ1v) is 7.73. The summed E-state index contributed by atoms with van der Waals surface area (Å²) in [5, 5.41) is 5.77. The minimum absolute atomic E-state index is 0.267. The fourth-order valence-electron chi connectivity index (χ4n) is 2.47. The van der Waals surface area contributed by atoms with Gasteiger partial charge >= 0.3 is 0 Å². The van der Waals surface area contributed by atoms with Crippen LogP contribution >= 0.6 is 11.6 Å². The smallest absolute Gasteiger partial charge is 0.271 e. The van der Waals surface area contributed by atoms with E-state index in [4.69, 9.17) is 11.6 Å². The first kappa shape index (κ1) is 15.3. The van der Waals surface area contributed by atoms with Crippen LogP contribution in [0.4, 0.5) is 0 Å². The van der Waals surface area contributed by atoms with Crippen LogP contribution in [0.1, 0.15) is 22.8 Å². The summed E-state index contributed by atoms with van der Waals surface area (Å²) >= 11 is 5.81. The molecule has 23 heavy (non-hydrogen) atoms. The van der Waals surface area contributed by atoms with Gasteiger partial charge in [0.2, 0.25) is 0 Å². The van der Waals surface area contributed by atoms with Crippen LogP contribution in [-0.4, -0.2) is 16.7 Å². The summed E-state index contributed by atoms with van der Waals surface area (Å²) in [6.07, 6.45) is 3.70. The van der Waals surface area contributed by atoms with Crippen LogP contribution < -0.4 is 5.43 Å². The maximum Gasteiger partial charge on any atom is 0.271 e. The third-order valence-corrected chi connectivity index (χ3v) is 3.89. The second kappa shape index (κ2) is 6.67. The van der Waals surface area contributed by atoms with Crippen molar-refractivity contribution in [1.29, 1.82) is 0 Å². The molecule has 0 aliphatic carbocycles. The van der Waals surface area contributed by atoms with Crippen LogP contribution in [0.25, 0.3) is 10.9 Å². The van der Waals surface area contributed by atoms with Gasteiger partial charge in [0.15, 0.2) is 0 Å². The molecule has 0 bridgehead atoms. The quantitative estimate of drug-likeness (QED) is 0.570. The molecule has 1 aromatic heterocycles. The highest BCUT2D eigenvalue weighted by molar-refractivity contribution is 6.30. The van der Waals surface area contributed by atoms with Gasteiger partial charge in [-0.1, -0.05) is 29.8 Å². The number of rotatable bonds is 4. The van der Waals surface area contributed by atoms with Gasteiger partial charge in [-0.05, 0) is 37.3 Å². The van der Waals surface area contributed by atoms with E-state index in [9.17, 15) is 4.79 Å². The lowest BCUT2D eigenvalue weighted by atomic mass is 10.2. The second-order valence-electron chi connectivity index (χ2n) is 5.09. The number of hydrogen-bond acceptors (Lipinski definition) is 2. The minimum atomic E-state index is -0.267. The number of halogens is 1. The normalized spacial score (nSPS) is 11.2. The Morgan fingerprint density at radius 3 is 2.70 bits per heavy atom. The number of benzene rings is 2. The molecular formula is C18H16ClN3O. The number of hydrogen-bond donors (Lipinski definition) is 1. The van der Waals surface area contributed by atoms with E-state index in [1.165, 1.54) is 0 Å². The third kappa shape index (κ3) is 3.27. The van der Waals surface area contributed by atoms with Gasteiger partial charge in [0.25, 0.3) is 5.91 Å². The molecule has 2 aromatic carbocycles. The third-order valence-electron chi connectivity index (χ3n) is 3.64. The van der Waals surface area contributed by atoms with Crippen molar-refractivity contribution in [2.45, 2.75) is 13.5 Å². The van der Waals surface area contributed by atoms with Crippen LogP contribution in [0.15, 0.2) is 59.8 Å². The predicted molar refractivity (Wildman–Crippen MR) is 94.1 cm³/mol. The highest BCUT2D eigenvalue weighted by Crippen LogP contribution is 2.19. The molecule has 0 aliphatic rings. The monoisotopic (exact) mass is 325 g/mol. The van der Waals surface area contributed by atoms with Crippen LogP contribution in [0.5, 0.6) is 0 Å². The number of fused-ring (bicyclic) bond motifs is 1. The number of aryl methyl sites for hydroxylation is 1. The summed E-state index contributed by atoms with van der Waals surface area (Å²) < 4.78 is 2.15. The molecule has 1 N–H and O–H groups in total. The second-order valence-corrected chi connectivity index (χ2v) is 5.53. The van der Waals surface area contributed by atoms with Crippen molar-refractivity contribution in [3.8, 4) is 0 Å². The van der Waals surface area contributed by atoms with E-state index in [1.807, 2.05) is 24.4 Å². The van der Waals surface area contributed by atoms with Gasteiger partial charge in [0, 0.05) is 39.8 Å². The van der Waals surface area contributed by atoms with Gasteiger partial charge in [-0.25, -0.2) is 5.43 Å². The molecule has 0 spiro atoms. The molecule has 1 amide bonds. The number of carbonyl (C=O) groups excluding carboxylic acids is 1. The van der Waals surface area contributed by atoms with Gasteiger partial charge in [-0.15, -0.1) is 0 Å². The van der Waals surface area contributed by atoms with Crippen molar-refractivity contribution in [3.05, 3.63) is 70.9 Å². The van der Waals surface area contributed by atoms with Crippen molar-refractivity contribution in [2.24, 2.45) is 5.10 Å². The zero-order chi connectivity index (χ0) is 16.2. The summed E-state index contributed by atoms with van der Waals surface area (Å²) in [6, 6.07) is 14.8. The van der Waals surface area contributed by atoms with E-state index in [-0.39, 0.29) is 5.91 Å². The van der Waals surface area contributed by atoms with Crippen LogP contribution in [0, 0.1) is 0 Å². The lowest BCUT2D eigenvalue weighted by Crippen LogP contribution is -2.17. The van der Waals surface area contributed by atoms with Crippen molar-refractivity contribution >= 4 is 34.6 Å². The van der Waals surface area contributed by atoms with Crippen LogP contribution in [-0.2, 0) is 6.54 Å². The molecule has 3 rings (SSSR count). The number of amides is 1. The number of carbonyl (C=O) groups is 1. The molecule has 1 heterocycles. The summed E-state index contributed by atoms with van der Waals surface area (Å²) in [4.78, 5) is 12.0. The molecule has 0 saturated carbocycles. The van der Waals surface area contributed by atoms with E-state index < -0.39 is 0 Å². The Labute approximate surface area is 139 Å². The zero-order valence-electron chi connectivity index (χ0n) is 12.7. The number of nitrogens with zero attached hydrogens (tertiary/aromatic N) is 2. The van der Waals surface area contributed by atoms with Crippen molar-refractivity contribution in [3.63, 3.8) is 0 Å². The average molecular weight is 326 g/mol. The standard InChI is InChI=1S/C18H16ClN3O/c1-2-22-12-14(16-5-3-4-6-17(16)22)11-20-21-18(23)13-7-9-15(19)10-8-13/h3-12H,2H2,1H3,(H,21,23)/b20-11+. The highest BCUT2D eigenvalue weighted by atomic mass is 35.5. The molecule has 0 radical (unpaired) electrons. The Kier molecular flexibility index (Phi) is 4.44. The molecule has 0 aliphatic heterocycles. The molecule has 0 saturated heterocycles. The molecule has 116 valence electrons. The van der Waals surface area contributed by atoms with Crippen molar-refractivity contribution in [2.75, 3.05) is 0 Å². The zero-order valence-corrected chi connectivity index (χ0v) is 13.4. The predicted octanol–water partition coefficient (Wildman–Crippen LogP) is 4.08. The van der Waals surface area contributed by atoms with E-state index in [2.05, 4.69) is 28.1 Å². The number of nitrogens with one attached hydrogen (secondary N) is 1. The molecule has 0 fully saturated rings. The van der Waals surface area contributed by atoms with Gasteiger partial charge in [-0.3, -0.25) is 4.79 Å². The first-order valence-electron chi connectivity index (χ1n) is 7.36. The van der Waals surface area contributed by atoms with Crippen LogP contribution in [0.3, 0.4) is 0 Å². The molecular weight excluding hydrogens is 310 g/mol. The summed E-state index contributed by atoms with van der Waals surface area (Å²) in [5.41, 5.74) is 5.18. The van der Waals surface area contributed by atoms with E-state index in [0.717, 1.165) is 23.0 Å². The van der Waals surface area contributed by atoms with E-state index >= 15 is 0 Å². The van der Waals surface area contributed by atoms with Gasteiger partial charge in [-0.2, -0.15) is 5.10 Å². The van der Waals surface area contributed by atoms with Crippen molar-refractivity contribution in [1.82, 2.24) is 9.99 Å². The molecule has 5 heteroatoms. The van der Waals surface area contributed by atoms with Gasteiger partial charge < -0.3 is 4.57 Å². The van der Waals surface area contributed by atoms with Crippen LogP contribution in [0.2, 0.25) is 5.02 Å². The van der Waals surface area contributed by atoms with E-state index in [0.29, 0.717) is 10.6 Å². The molecule has 0 atom stereocenters. The SMILES string of the molecule is CCn1cc(/C=N/NC(=O)c2ccc(Cl)cc2)c2ccccc21. The topological polar surface area (TPSA) is 46.4 Å². The summed E-state index contributed by atoms with van der Waals surface area (Å²) in [6.45, 7) is 2.97. The molecule has 3 aromatic rings. The molecule has 0 unspecified atom stereocenters. The highest BCUT2D eigenvalue weighted by Gasteiger charge is 2.06. The van der Waals surface area contributed by atoms with E-state index in [1.54, 1.807) is 30.5 Å². The average Bonchev–Trinajstić information content (AvgIpc) is 2.94. The molecule has 4 nitrogen and oxygen atoms in total. The lowest BCUT2D eigenvalue weighted by Gasteiger charge is -1.99. The Balaban J connectivity index is 1.78.